The molecule has 1 amide bonds. The van der Waals surface area contributed by atoms with Crippen molar-refractivity contribution >= 4 is 27.5 Å². The maximum Gasteiger partial charge on any atom is 0.227 e. The van der Waals surface area contributed by atoms with Crippen LogP contribution in [0.5, 0.6) is 0 Å². The summed E-state index contributed by atoms with van der Waals surface area (Å²) in [7, 11) is 0. The first-order chi connectivity index (χ1) is 7.82. The summed E-state index contributed by atoms with van der Waals surface area (Å²) in [5.41, 5.74) is 3.10. The minimum absolute atomic E-state index is 0.0254. The molecule has 3 heteroatoms. The molecular formula is C14H20BrNO. The molecule has 0 saturated carbocycles. The lowest BCUT2D eigenvalue weighted by atomic mass is 9.97. The number of carbonyl (C=O) groups excluding carboxylic acids is 1. The van der Waals surface area contributed by atoms with Crippen LogP contribution in [0.15, 0.2) is 16.6 Å². The molecule has 1 N–H and O–H groups in total. The number of rotatable bonds is 3. The van der Waals surface area contributed by atoms with E-state index >= 15 is 0 Å². The fourth-order valence-corrected chi connectivity index (χ4v) is 2.33. The fourth-order valence-electron chi connectivity index (χ4n) is 1.65. The molecule has 0 radical (unpaired) electrons. The number of anilines is 1. The number of nitrogens with one attached hydrogen (secondary N) is 1. The van der Waals surface area contributed by atoms with Crippen molar-refractivity contribution < 1.29 is 4.79 Å². The molecule has 0 aliphatic heterocycles. The third-order valence-electron chi connectivity index (χ3n) is 3.16. The van der Waals surface area contributed by atoms with Gasteiger partial charge in [-0.05, 0) is 43.0 Å². The Morgan fingerprint density at radius 1 is 1.18 bits per heavy atom. The molecule has 94 valence electrons. The molecule has 0 fully saturated rings. The first kappa shape index (κ1) is 14.2. The van der Waals surface area contributed by atoms with E-state index in [0.29, 0.717) is 5.92 Å². The minimum Gasteiger partial charge on any atom is -0.325 e. The first-order valence-corrected chi connectivity index (χ1v) is 6.69. The van der Waals surface area contributed by atoms with Gasteiger partial charge in [-0.3, -0.25) is 4.79 Å². The lowest BCUT2D eigenvalue weighted by Crippen LogP contribution is -2.25. The molecule has 0 aliphatic carbocycles. The first-order valence-electron chi connectivity index (χ1n) is 5.90. The SMILES string of the molecule is Cc1cc(Br)cc(C)c1NC(=O)C(C)C(C)C. The van der Waals surface area contributed by atoms with Gasteiger partial charge in [0.1, 0.15) is 0 Å². The highest BCUT2D eigenvalue weighted by Crippen LogP contribution is 2.26. The lowest BCUT2D eigenvalue weighted by molar-refractivity contribution is -0.120. The molecule has 1 aromatic carbocycles. The van der Waals surface area contributed by atoms with E-state index in [1.54, 1.807) is 0 Å². The Bertz CT molecular complexity index is 403. The highest BCUT2D eigenvalue weighted by molar-refractivity contribution is 9.10. The van der Waals surface area contributed by atoms with Crippen LogP contribution in [0.25, 0.3) is 0 Å². The normalized spacial score (nSPS) is 12.6. The number of hydrogen-bond donors (Lipinski definition) is 1. The lowest BCUT2D eigenvalue weighted by Gasteiger charge is -2.18. The molecule has 1 aromatic rings. The van der Waals surface area contributed by atoms with E-state index in [0.717, 1.165) is 21.3 Å². The van der Waals surface area contributed by atoms with Crippen molar-refractivity contribution in [1.82, 2.24) is 0 Å². The molecule has 1 atom stereocenters. The van der Waals surface area contributed by atoms with E-state index in [9.17, 15) is 4.79 Å². The van der Waals surface area contributed by atoms with Crippen LogP contribution in [0.1, 0.15) is 31.9 Å². The van der Waals surface area contributed by atoms with Gasteiger partial charge < -0.3 is 5.32 Å². The summed E-state index contributed by atoms with van der Waals surface area (Å²) in [5, 5.41) is 3.03. The third kappa shape index (κ3) is 3.56. The summed E-state index contributed by atoms with van der Waals surface area (Å²) in [6, 6.07) is 4.03. The van der Waals surface area contributed by atoms with Crippen LogP contribution in [0.2, 0.25) is 0 Å². The molecule has 0 aliphatic rings. The summed E-state index contributed by atoms with van der Waals surface area (Å²) in [4.78, 5) is 12.0. The highest BCUT2D eigenvalue weighted by Gasteiger charge is 2.18. The van der Waals surface area contributed by atoms with Gasteiger partial charge >= 0.3 is 0 Å². The molecule has 17 heavy (non-hydrogen) atoms. The van der Waals surface area contributed by atoms with E-state index in [1.165, 1.54) is 0 Å². The topological polar surface area (TPSA) is 29.1 Å². The van der Waals surface area contributed by atoms with Crippen molar-refractivity contribution in [3.05, 3.63) is 27.7 Å². The average molecular weight is 298 g/mol. The highest BCUT2D eigenvalue weighted by atomic mass is 79.9. The Morgan fingerprint density at radius 2 is 1.65 bits per heavy atom. The van der Waals surface area contributed by atoms with Gasteiger partial charge in [0.25, 0.3) is 0 Å². The van der Waals surface area contributed by atoms with Gasteiger partial charge in [0.05, 0.1) is 0 Å². The second kappa shape index (κ2) is 5.67. The van der Waals surface area contributed by atoms with E-state index < -0.39 is 0 Å². The van der Waals surface area contributed by atoms with Crippen LogP contribution < -0.4 is 5.32 Å². The number of halogens is 1. The Kier molecular flexibility index (Phi) is 4.75. The summed E-state index contributed by atoms with van der Waals surface area (Å²) >= 11 is 3.45. The molecule has 1 rings (SSSR count). The standard InChI is InChI=1S/C14H20BrNO/c1-8(2)11(5)14(17)16-13-9(3)6-12(15)7-10(13)4/h6-8,11H,1-5H3,(H,16,17). The van der Waals surface area contributed by atoms with Crippen molar-refractivity contribution in [2.75, 3.05) is 5.32 Å². The molecule has 1 unspecified atom stereocenters. The van der Waals surface area contributed by atoms with Crippen LogP contribution >= 0.6 is 15.9 Å². The Hall–Kier alpha value is -0.830. The molecule has 0 bridgehead atoms. The number of amides is 1. The van der Waals surface area contributed by atoms with Gasteiger partial charge in [0, 0.05) is 16.1 Å². The predicted octanol–water partition coefficient (Wildman–Crippen LogP) is 4.30. The molecule has 0 aromatic heterocycles. The Labute approximate surface area is 112 Å². The Morgan fingerprint density at radius 3 is 2.06 bits per heavy atom. The largest absolute Gasteiger partial charge is 0.325 e. The van der Waals surface area contributed by atoms with Gasteiger partial charge in [-0.1, -0.05) is 36.7 Å². The fraction of sp³-hybridized carbons (Fsp3) is 0.500. The number of carbonyl (C=O) groups is 1. The van der Waals surface area contributed by atoms with E-state index in [2.05, 4.69) is 35.1 Å². The Balaban J connectivity index is 2.93. The minimum atomic E-state index is 0.0254. The van der Waals surface area contributed by atoms with Crippen LogP contribution in [-0.2, 0) is 4.79 Å². The van der Waals surface area contributed by atoms with Crippen molar-refractivity contribution in [3.8, 4) is 0 Å². The molecule has 0 heterocycles. The van der Waals surface area contributed by atoms with E-state index in [1.807, 2.05) is 32.9 Å². The summed E-state index contributed by atoms with van der Waals surface area (Å²) in [6.07, 6.45) is 0. The predicted molar refractivity (Wildman–Crippen MR) is 76.2 cm³/mol. The number of benzene rings is 1. The summed E-state index contributed by atoms with van der Waals surface area (Å²) < 4.78 is 1.04. The smallest absolute Gasteiger partial charge is 0.227 e. The molecule has 0 spiro atoms. The summed E-state index contributed by atoms with van der Waals surface area (Å²) in [6.45, 7) is 10.1. The number of aryl methyl sites for hydroxylation is 2. The zero-order valence-electron chi connectivity index (χ0n) is 11.1. The van der Waals surface area contributed by atoms with Gasteiger partial charge in [0.15, 0.2) is 0 Å². The van der Waals surface area contributed by atoms with Crippen LogP contribution in [0, 0.1) is 25.7 Å². The van der Waals surface area contributed by atoms with Crippen LogP contribution in [0.3, 0.4) is 0 Å². The molecule has 0 saturated heterocycles. The van der Waals surface area contributed by atoms with Crippen molar-refractivity contribution in [1.29, 1.82) is 0 Å². The second-order valence-corrected chi connectivity index (χ2v) is 5.85. The average Bonchev–Trinajstić information content (AvgIpc) is 2.21. The van der Waals surface area contributed by atoms with Gasteiger partial charge in [-0.25, -0.2) is 0 Å². The van der Waals surface area contributed by atoms with Gasteiger partial charge in [-0.2, -0.15) is 0 Å². The van der Waals surface area contributed by atoms with Crippen LogP contribution in [0.4, 0.5) is 5.69 Å². The second-order valence-electron chi connectivity index (χ2n) is 4.94. The van der Waals surface area contributed by atoms with Crippen molar-refractivity contribution in [3.63, 3.8) is 0 Å². The third-order valence-corrected chi connectivity index (χ3v) is 3.62. The maximum atomic E-state index is 12.0. The van der Waals surface area contributed by atoms with Crippen LogP contribution in [-0.4, -0.2) is 5.91 Å². The zero-order chi connectivity index (χ0) is 13.2. The molecular weight excluding hydrogens is 278 g/mol. The maximum absolute atomic E-state index is 12.0. The van der Waals surface area contributed by atoms with E-state index in [-0.39, 0.29) is 11.8 Å². The van der Waals surface area contributed by atoms with Crippen molar-refractivity contribution in [2.45, 2.75) is 34.6 Å². The van der Waals surface area contributed by atoms with Gasteiger partial charge in [0.2, 0.25) is 5.91 Å². The number of hydrogen-bond acceptors (Lipinski definition) is 1. The monoisotopic (exact) mass is 297 g/mol. The van der Waals surface area contributed by atoms with Crippen molar-refractivity contribution in [2.24, 2.45) is 11.8 Å². The van der Waals surface area contributed by atoms with E-state index in [4.69, 9.17) is 0 Å². The van der Waals surface area contributed by atoms with Gasteiger partial charge in [-0.15, -0.1) is 0 Å². The molecule has 2 nitrogen and oxygen atoms in total. The zero-order valence-corrected chi connectivity index (χ0v) is 12.7. The summed E-state index contributed by atoms with van der Waals surface area (Å²) in [5.74, 6) is 0.469. The quantitative estimate of drug-likeness (QED) is 0.885.